The van der Waals surface area contributed by atoms with Gasteiger partial charge in [-0.05, 0) is 13.5 Å². The van der Waals surface area contributed by atoms with E-state index in [1.54, 1.807) is 12.4 Å². The fourth-order valence-corrected chi connectivity index (χ4v) is 2.20. The maximum Gasteiger partial charge on any atom is 0.238 e. The van der Waals surface area contributed by atoms with Crippen molar-refractivity contribution in [1.29, 1.82) is 0 Å². The van der Waals surface area contributed by atoms with Crippen molar-refractivity contribution in [3.05, 3.63) is 18.3 Å². The maximum absolute atomic E-state index is 5.48. The van der Waals surface area contributed by atoms with E-state index in [2.05, 4.69) is 25.4 Å². The molecule has 96 valence electrons. The first-order valence-electron chi connectivity index (χ1n) is 5.97. The standard InChI is InChI=1S/C11H15N5O2/c1-12-8-2-5-17-6-7(8)11-15-10(16-18-11)9-13-3-4-14-9/h3-4,7-8,12H,2,5-6H2,1H3,(H,13,14). The SMILES string of the molecule is CNC1CCOCC1c1nc(-c2ncc[nH]2)no1. The van der Waals surface area contributed by atoms with Gasteiger partial charge >= 0.3 is 0 Å². The first-order chi connectivity index (χ1) is 8.88. The predicted octanol–water partition coefficient (Wildman–Crippen LogP) is 0.552. The van der Waals surface area contributed by atoms with Crippen LogP contribution in [-0.4, -0.2) is 46.4 Å². The minimum atomic E-state index is 0.0972. The minimum Gasteiger partial charge on any atom is -0.381 e. The molecule has 1 fully saturated rings. The summed E-state index contributed by atoms with van der Waals surface area (Å²) in [5.41, 5.74) is 0. The Labute approximate surface area is 104 Å². The van der Waals surface area contributed by atoms with Crippen molar-refractivity contribution in [3.8, 4) is 11.6 Å². The number of ether oxygens (including phenoxy) is 1. The van der Waals surface area contributed by atoms with E-state index in [1.807, 2.05) is 7.05 Å². The molecule has 0 amide bonds. The number of nitrogens with one attached hydrogen (secondary N) is 2. The number of aromatic nitrogens is 4. The second-order valence-electron chi connectivity index (χ2n) is 4.26. The van der Waals surface area contributed by atoms with Gasteiger partial charge in [-0.3, -0.25) is 0 Å². The Bertz CT molecular complexity index is 495. The number of H-pyrrole nitrogens is 1. The third-order valence-corrected chi connectivity index (χ3v) is 3.20. The summed E-state index contributed by atoms with van der Waals surface area (Å²) in [4.78, 5) is 11.4. The monoisotopic (exact) mass is 249 g/mol. The molecule has 2 atom stereocenters. The molecule has 0 bridgehead atoms. The molecule has 0 saturated carbocycles. The Hall–Kier alpha value is -1.73. The van der Waals surface area contributed by atoms with Gasteiger partial charge < -0.3 is 19.6 Å². The van der Waals surface area contributed by atoms with E-state index in [9.17, 15) is 0 Å². The van der Waals surface area contributed by atoms with Gasteiger partial charge in [0.1, 0.15) is 0 Å². The molecule has 7 heteroatoms. The molecule has 1 saturated heterocycles. The molecule has 0 aromatic carbocycles. The Morgan fingerprint density at radius 2 is 2.44 bits per heavy atom. The largest absolute Gasteiger partial charge is 0.381 e. The molecule has 2 aromatic rings. The Morgan fingerprint density at radius 1 is 1.50 bits per heavy atom. The van der Waals surface area contributed by atoms with Crippen molar-refractivity contribution in [2.75, 3.05) is 20.3 Å². The van der Waals surface area contributed by atoms with Crippen molar-refractivity contribution < 1.29 is 9.26 Å². The van der Waals surface area contributed by atoms with Crippen LogP contribution in [0, 0.1) is 0 Å². The van der Waals surface area contributed by atoms with E-state index < -0.39 is 0 Å². The van der Waals surface area contributed by atoms with Gasteiger partial charge in [-0.1, -0.05) is 5.16 Å². The van der Waals surface area contributed by atoms with Gasteiger partial charge in [-0.25, -0.2) is 4.98 Å². The number of hydrogen-bond donors (Lipinski definition) is 2. The topological polar surface area (TPSA) is 88.9 Å². The molecule has 3 rings (SSSR count). The average molecular weight is 249 g/mol. The van der Waals surface area contributed by atoms with Crippen LogP contribution in [0.15, 0.2) is 16.9 Å². The number of rotatable bonds is 3. The van der Waals surface area contributed by atoms with Crippen LogP contribution in [-0.2, 0) is 4.74 Å². The van der Waals surface area contributed by atoms with Crippen LogP contribution < -0.4 is 5.32 Å². The number of nitrogens with zero attached hydrogens (tertiary/aromatic N) is 3. The zero-order valence-electron chi connectivity index (χ0n) is 10.1. The van der Waals surface area contributed by atoms with Crippen molar-refractivity contribution >= 4 is 0 Å². The maximum atomic E-state index is 5.48. The molecule has 1 aliphatic rings. The third kappa shape index (κ3) is 2.02. The molecule has 0 aliphatic carbocycles. The predicted molar refractivity (Wildman–Crippen MR) is 62.9 cm³/mol. The summed E-state index contributed by atoms with van der Waals surface area (Å²) >= 11 is 0. The summed E-state index contributed by atoms with van der Waals surface area (Å²) in [7, 11) is 1.94. The van der Waals surface area contributed by atoms with Gasteiger partial charge in [0.25, 0.3) is 0 Å². The molecular weight excluding hydrogens is 234 g/mol. The van der Waals surface area contributed by atoms with Crippen molar-refractivity contribution in [2.45, 2.75) is 18.4 Å². The second kappa shape index (κ2) is 4.87. The first kappa shape index (κ1) is 11.4. The molecule has 18 heavy (non-hydrogen) atoms. The molecule has 2 aromatic heterocycles. The van der Waals surface area contributed by atoms with E-state index >= 15 is 0 Å². The van der Waals surface area contributed by atoms with Crippen LogP contribution in [0.25, 0.3) is 11.6 Å². The van der Waals surface area contributed by atoms with Crippen LogP contribution in [0.3, 0.4) is 0 Å². The highest BCUT2D eigenvalue weighted by Gasteiger charge is 2.31. The number of hydrogen-bond acceptors (Lipinski definition) is 6. The van der Waals surface area contributed by atoms with E-state index in [0.717, 1.165) is 13.0 Å². The lowest BCUT2D eigenvalue weighted by Crippen LogP contribution is -2.39. The summed E-state index contributed by atoms with van der Waals surface area (Å²) < 4.78 is 10.8. The highest BCUT2D eigenvalue weighted by molar-refractivity contribution is 5.40. The molecule has 2 unspecified atom stereocenters. The highest BCUT2D eigenvalue weighted by atomic mass is 16.5. The molecule has 3 heterocycles. The highest BCUT2D eigenvalue weighted by Crippen LogP contribution is 2.25. The Kier molecular flexibility index (Phi) is 3.07. The first-order valence-corrected chi connectivity index (χ1v) is 5.97. The van der Waals surface area contributed by atoms with Gasteiger partial charge in [0.05, 0.1) is 12.5 Å². The lowest BCUT2D eigenvalue weighted by atomic mass is 9.96. The van der Waals surface area contributed by atoms with Gasteiger partial charge in [0.15, 0.2) is 5.82 Å². The number of aromatic amines is 1. The summed E-state index contributed by atoms with van der Waals surface area (Å²) in [5.74, 6) is 1.79. The zero-order valence-corrected chi connectivity index (χ0v) is 10.1. The van der Waals surface area contributed by atoms with Gasteiger partial charge in [0, 0.05) is 25.0 Å². The van der Waals surface area contributed by atoms with Crippen molar-refractivity contribution in [2.24, 2.45) is 0 Å². The molecule has 0 spiro atoms. The summed E-state index contributed by atoms with van der Waals surface area (Å²) in [6.45, 7) is 1.37. The van der Waals surface area contributed by atoms with Crippen molar-refractivity contribution in [3.63, 3.8) is 0 Å². The Balaban J connectivity index is 1.84. The van der Waals surface area contributed by atoms with Crippen LogP contribution in [0.2, 0.25) is 0 Å². The van der Waals surface area contributed by atoms with Crippen LogP contribution in [0.4, 0.5) is 0 Å². The summed E-state index contributed by atoms with van der Waals surface area (Å²) in [5, 5.41) is 7.20. The number of imidazole rings is 1. The fourth-order valence-electron chi connectivity index (χ4n) is 2.20. The fraction of sp³-hybridized carbons (Fsp3) is 0.545. The van der Waals surface area contributed by atoms with Gasteiger partial charge in [-0.2, -0.15) is 4.98 Å². The van der Waals surface area contributed by atoms with Gasteiger partial charge in [-0.15, -0.1) is 0 Å². The lowest BCUT2D eigenvalue weighted by molar-refractivity contribution is 0.0516. The average Bonchev–Trinajstić information content (AvgIpc) is 3.09. The molecule has 0 radical (unpaired) electrons. The van der Waals surface area contributed by atoms with Crippen molar-refractivity contribution in [1.82, 2.24) is 25.4 Å². The Morgan fingerprint density at radius 3 is 3.22 bits per heavy atom. The second-order valence-corrected chi connectivity index (χ2v) is 4.26. The lowest BCUT2D eigenvalue weighted by Gasteiger charge is -2.28. The quantitative estimate of drug-likeness (QED) is 0.825. The normalized spacial score (nSPS) is 24.3. The van der Waals surface area contributed by atoms with E-state index in [0.29, 0.717) is 30.2 Å². The minimum absolute atomic E-state index is 0.0972. The molecular formula is C11H15N5O2. The molecule has 7 nitrogen and oxygen atoms in total. The molecule has 2 N–H and O–H groups in total. The van der Waals surface area contributed by atoms with Crippen LogP contribution in [0.5, 0.6) is 0 Å². The van der Waals surface area contributed by atoms with E-state index in [1.165, 1.54) is 0 Å². The zero-order chi connectivity index (χ0) is 12.4. The van der Waals surface area contributed by atoms with E-state index in [-0.39, 0.29) is 5.92 Å². The smallest absolute Gasteiger partial charge is 0.238 e. The van der Waals surface area contributed by atoms with Gasteiger partial charge in [0.2, 0.25) is 11.7 Å². The summed E-state index contributed by atoms with van der Waals surface area (Å²) in [6.07, 6.45) is 4.33. The van der Waals surface area contributed by atoms with Crippen LogP contribution in [0.1, 0.15) is 18.2 Å². The molecule has 1 aliphatic heterocycles. The van der Waals surface area contributed by atoms with E-state index in [4.69, 9.17) is 9.26 Å². The van der Waals surface area contributed by atoms with Crippen LogP contribution >= 0.6 is 0 Å². The summed E-state index contributed by atoms with van der Waals surface area (Å²) in [6, 6.07) is 0.309. The number of likely N-dealkylation sites (N-methyl/N-ethyl adjacent to an activating group) is 1. The third-order valence-electron chi connectivity index (χ3n) is 3.20.